The summed E-state index contributed by atoms with van der Waals surface area (Å²) in [6.45, 7) is 11.3. The highest BCUT2D eigenvalue weighted by Crippen LogP contribution is 2.13. The third-order valence-corrected chi connectivity index (χ3v) is 2.58. The van der Waals surface area contributed by atoms with Crippen molar-refractivity contribution in [3.63, 3.8) is 0 Å². The minimum Gasteiger partial charge on any atom is -0.455 e. The first-order valence-electron chi connectivity index (χ1n) is 7.03. The summed E-state index contributed by atoms with van der Waals surface area (Å²) in [7, 11) is 0. The summed E-state index contributed by atoms with van der Waals surface area (Å²) in [4.78, 5) is 23.6. The van der Waals surface area contributed by atoms with Gasteiger partial charge in [0.05, 0.1) is 12.2 Å². The highest BCUT2D eigenvalue weighted by Gasteiger charge is 2.23. The molecule has 0 saturated carbocycles. The van der Waals surface area contributed by atoms with Gasteiger partial charge in [-0.3, -0.25) is 4.79 Å². The molecule has 1 N–H and O–H groups in total. The maximum atomic E-state index is 12.0. The number of aryl methyl sites for hydroxylation is 1. The van der Waals surface area contributed by atoms with Crippen LogP contribution >= 0.6 is 0 Å². The lowest BCUT2D eigenvalue weighted by molar-refractivity contribution is -0.121. The molecule has 0 aliphatic rings. The number of nitrogens with one attached hydrogen (secondary N) is 1. The highest BCUT2D eigenvalue weighted by molar-refractivity contribution is 5.88. The Morgan fingerprint density at radius 2 is 1.95 bits per heavy atom. The molecule has 118 valence electrons. The Morgan fingerprint density at radius 3 is 2.48 bits per heavy atom. The van der Waals surface area contributed by atoms with Gasteiger partial charge in [0.1, 0.15) is 5.60 Å². The standard InChI is InChI=1S/C14H24N4O3/c1-9(2)15-11(19)7-8-18-10(3)12(16-17-18)13(20)21-14(4,5)6/h9H,7-8H2,1-6H3,(H,15,19). The van der Waals surface area contributed by atoms with Crippen molar-refractivity contribution in [2.24, 2.45) is 0 Å². The molecule has 0 aromatic carbocycles. The fourth-order valence-electron chi connectivity index (χ4n) is 1.69. The zero-order valence-electron chi connectivity index (χ0n) is 13.6. The van der Waals surface area contributed by atoms with Crippen LogP contribution in [0.1, 0.15) is 57.2 Å². The number of hydrogen-bond donors (Lipinski definition) is 1. The van der Waals surface area contributed by atoms with E-state index in [1.54, 1.807) is 32.4 Å². The predicted octanol–water partition coefficient (Wildman–Crippen LogP) is 1.46. The van der Waals surface area contributed by atoms with Crippen molar-refractivity contribution in [3.05, 3.63) is 11.4 Å². The Bertz CT molecular complexity index is 515. The van der Waals surface area contributed by atoms with E-state index >= 15 is 0 Å². The van der Waals surface area contributed by atoms with Crippen molar-refractivity contribution in [2.75, 3.05) is 0 Å². The molecule has 0 unspecified atom stereocenters. The number of rotatable bonds is 5. The third kappa shape index (κ3) is 5.53. The van der Waals surface area contributed by atoms with Gasteiger partial charge >= 0.3 is 5.97 Å². The van der Waals surface area contributed by atoms with E-state index in [1.807, 2.05) is 13.8 Å². The molecule has 7 heteroatoms. The Balaban J connectivity index is 2.68. The molecule has 21 heavy (non-hydrogen) atoms. The number of hydrogen-bond acceptors (Lipinski definition) is 5. The molecule has 1 heterocycles. The van der Waals surface area contributed by atoms with Crippen LogP contribution in [0.3, 0.4) is 0 Å². The molecule has 1 amide bonds. The molecule has 0 bridgehead atoms. The smallest absolute Gasteiger partial charge is 0.361 e. The van der Waals surface area contributed by atoms with Gasteiger partial charge < -0.3 is 10.1 Å². The monoisotopic (exact) mass is 296 g/mol. The number of amides is 1. The van der Waals surface area contributed by atoms with E-state index in [0.717, 1.165) is 0 Å². The molecule has 7 nitrogen and oxygen atoms in total. The van der Waals surface area contributed by atoms with Crippen LogP contribution in [-0.4, -0.2) is 38.5 Å². The average Bonchev–Trinajstić information content (AvgIpc) is 2.65. The summed E-state index contributed by atoms with van der Waals surface area (Å²) < 4.78 is 6.80. The van der Waals surface area contributed by atoms with Crippen LogP contribution < -0.4 is 5.32 Å². The van der Waals surface area contributed by atoms with Crippen molar-refractivity contribution in [1.29, 1.82) is 0 Å². The Kier molecular flexibility index (Phi) is 5.46. The topological polar surface area (TPSA) is 86.1 Å². The summed E-state index contributed by atoms with van der Waals surface area (Å²) in [5.41, 5.74) is 0.209. The van der Waals surface area contributed by atoms with Crippen LogP contribution in [0, 0.1) is 6.92 Å². The Morgan fingerprint density at radius 1 is 1.33 bits per heavy atom. The molecule has 0 fully saturated rings. The Labute approximate surface area is 125 Å². The van der Waals surface area contributed by atoms with Crippen molar-refractivity contribution in [1.82, 2.24) is 20.3 Å². The average molecular weight is 296 g/mol. The number of carbonyl (C=O) groups excluding carboxylic acids is 2. The number of nitrogens with zero attached hydrogens (tertiary/aromatic N) is 3. The van der Waals surface area contributed by atoms with E-state index in [-0.39, 0.29) is 24.1 Å². The molecule has 0 saturated heterocycles. The van der Waals surface area contributed by atoms with Crippen LogP contribution in [0.4, 0.5) is 0 Å². The van der Waals surface area contributed by atoms with Crippen LogP contribution in [0.5, 0.6) is 0 Å². The maximum absolute atomic E-state index is 12.0. The number of carbonyl (C=O) groups is 2. The number of aromatic nitrogens is 3. The van der Waals surface area contributed by atoms with E-state index in [4.69, 9.17) is 4.74 Å². The summed E-state index contributed by atoms with van der Waals surface area (Å²) in [6.07, 6.45) is 0.288. The van der Waals surface area contributed by atoms with Crippen molar-refractivity contribution in [3.8, 4) is 0 Å². The SMILES string of the molecule is Cc1c(C(=O)OC(C)(C)C)nnn1CCC(=O)NC(C)C. The van der Waals surface area contributed by atoms with Crippen LogP contribution in [0.15, 0.2) is 0 Å². The lowest BCUT2D eigenvalue weighted by atomic mass is 10.2. The van der Waals surface area contributed by atoms with Gasteiger partial charge in [-0.2, -0.15) is 0 Å². The van der Waals surface area contributed by atoms with Crippen molar-refractivity contribution in [2.45, 2.75) is 66.2 Å². The van der Waals surface area contributed by atoms with Crippen LogP contribution in [0.25, 0.3) is 0 Å². The van der Waals surface area contributed by atoms with Crippen molar-refractivity contribution >= 4 is 11.9 Å². The number of ether oxygens (including phenoxy) is 1. The molecule has 0 aliphatic carbocycles. The lowest BCUT2D eigenvalue weighted by Crippen LogP contribution is -2.30. The van der Waals surface area contributed by atoms with Gasteiger partial charge in [0.25, 0.3) is 0 Å². The second-order valence-corrected chi connectivity index (χ2v) is 6.22. The van der Waals surface area contributed by atoms with Crippen LogP contribution in [0.2, 0.25) is 0 Å². The predicted molar refractivity (Wildman–Crippen MR) is 77.8 cm³/mol. The van der Waals surface area contributed by atoms with Crippen LogP contribution in [-0.2, 0) is 16.1 Å². The summed E-state index contributed by atoms with van der Waals surface area (Å²) >= 11 is 0. The fraction of sp³-hybridized carbons (Fsp3) is 0.714. The van der Waals surface area contributed by atoms with Gasteiger partial charge in [-0.1, -0.05) is 5.21 Å². The quantitative estimate of drug-likeness (QED) is 0.831. The molecule has 0 radical (unpaired) electrons. The largest absolute Gasteiger partial charge is 0.455 e. The number of esters is 1. The first kappa shape index (κ1) is 17.1. The molecule has 0 spiro atoms. The third-order valence-electron chi connectivity index (χ3n) is 2.58. The summed E-state index contributed by atoms with van der Waals surface area (Å²) in [6, 6.07) is 0.103. The van der Waals surface area contributed by atoms with Gasteiger partial charge in [0, 0.05) is 12.5 Å². The second kappa shape index (κ2) is 6.69. The molecule has 0 atom stereocenters. The first-order chi connectivity index (χ1) is 9.60. The molecular weight excluding hydrogens is 272 g/mol. The minimum absolute atomic E-state index is 0.0567. The van der Waals surface area contributed by atoms with E-state index in [1.165, 1.54) is 0 Å². The zero-order valence-corrected chi connectivity index (χ0v) is 13.6. The molecule has 1 rings (SSSR count). The second-order valence-electron chi connectivity index (χ2n) is 6.22. The zero-order chi connectivity index (χ0) is 16.2. The molecular formula is C14H24N4O3. The highest BCUT2D eigenvalue weighted by atomic mass is 16.6. The molecule has 1 aromatic heterocycles. The maximum Gasteiger partial charge on any atom is 0.361 e. The fourth-order valence-corrected chi connectivity index (χ4v) is 1.69. The Hall–Kier alpha value is -1.92. The summed E-state index contributed by atoms with van der Waals surface area (Å²) in [5, 5.41) is 10.6. The molecule has 1 aromatic rings. The summed E-state index contributed by atoms with van der Waals surface area (Å²) in [5.74, 6) is -0.559. The van der Waals surface area contributed by atoms with E-state index in [2.05, 4.69) is 15.6 Å². The van der Waals surface area contributed by atoms with Gasteiger partial charge in [0.15, 0.2) is 5.69 Å². The van der Waals surface area contributed by atoms with Gasteiger partial charge in [-0.25, -0.2) is 9.48 Å². The van der Waals surface area contributed by atoms with E-state index in [9.17, 15) is 9.59 Å². The van der Waals surface area contributed by atoms with Gasteiger partial charge in [-0.15, -0.1) is 5.10 Å². The molecule has 0 aliphatic heterocycles. The van der Waals surface area contributed by atoms with E-state index < -0.39 is 11.6 Å². The normalized spacial score (nSPS) is 11.6. The lowest BCUT2D eigenvalue weighted by Gasteiger charge is -2.18. The van der Waals surface area contributed by atoms with Gasteiger partial charge in [-0.05, 0) is 41.5 Å². The first-order valence-corrected chi connectivity index (χ1v) is 7.03. The van der Waals surface area contributed by atoms with E-state index in [0.29, 0.717) is 12.2 Å². The van der Waals surface area contributed by atoms with Crippen molar-refractivity contribution < 1.29 is 14.3 Å². The minimum atomic E-state index is -0.579. The van der Waals surface area contributed by atoms with Gasteiger partial charge in [0.2, 0.25) is 5.91 Å².